The normalized spacial score (nSPS) is 20.9. The summed E-state index contributed by atoms with van der Waals surface area (Å²) in [5.41, 5.74) is 0.202. The molecule has 1 saturated heterocycles. The van der Waals surface area contributed by atoms with Crippen molar-refractivity contribution >= 4 is 16.9 Å². The summed E-state index contributed by atoms with van der Waals surface area (Å²) in [5, 5.41) is 4.58. The molecular formula is C13H26N2O2S. The summed E-state index contributed by atoms with van der Waals surface area (Å²) in [6.07, 6.45) is 3.34. The number of nitrogens with zero attached hydrogens (tertiary/aromatic N) is 1. The average molecular weight is 274 g/mol. The van der Waals surface area contributed by atoms with Gasteiger partial charge in [-0.15, -0.1) is 0 Å². The molecule has 0 aromatic carbocycles. The number of hydrogen-bond donors (Lipinski definition) is 1. The van der Waals surface area contributed by atoms with Gasteiger partial charge >= 0.3 is 0 Å². The van der Waals surface area contributed by atoms with Crippen molar-refractivity contribution in [3.05, 3.63) is 0 Å². The summed E-state index contributed by atoms with van der Waals surface area (Å²) in [6.45, 7) is 7.52. The number of ether oxygens (including phenoxy) is 2. The Morgan fingerprint density at radius 3 is 2.83 bits per heavy atom. The lowest BCUT2D eigenvalue weighted by Gasteiger charge is -2.32. The van der Waals surface area contributed by atoms with Gasteiger partial charge < -0.3 is 14.8 Å². The fraction of sp³-hybridized carbons (Fsp3) is 0.923. The van der Waals surface area contributed by atoms with Crippen LogP contribution in [-0.2, 0) is 9.47 Å². The minimum atomic E-state index is 0.202. The lowest BCUT2D eigenvalue weighted by molar-refractivity contribution is 0.0690. The first-order valence-electron chi connectivity index (χ1n) is 6.66. The molecule has 106 valence electrons. The topological polar surface area (TPSA) is 42.9 Å². The molecule has 0 atom stereocenters. The number of thioether (sulfide) groups is 1. The number of nitrogens with one attached hydrogen (secondary N) is 1. The predicted molar refractivity (Wildman–Crippen MR) is 78.5 cm³/mol. The summed E-state index contributed by atoms with van der Waals surface area (Å²) in [6, 6.07) is 0. The van der Waals surface area contributed by atoms with E-state index in [0.717, 1.165) is 31.2 Å². The van der Waals surface area contributed by atoms with Crippen molar-refractivity contribution in [1.82, 2.24) is 5.32 Å². The molecule has 0 aromatic rings. The van der Waals surface area contributed by atoms with Gasteiger partial charge in [0.2, 0.25) is 0 Å². The molecule has 18 heavy (non-hydrogen) atoms. The molecule has 0 aromatic heterocycles. The first-order valence-corrected chi connectivity index (χ1v) is 7.65. The third-order valence-corrected chi connectivity index (χ3v) is 3.71. The zero-order valence-electron chi connectivity index (χ0n) is 11.8. The molecular weight excluding hydrogens is 248 g/mol. The quantitative estimate of drug-likeness (QED) is 0.690. The van der Waals surface area contributed by atoms with Gasteiger partial charge in [0, 0.05) is 31.6 Å². The van der Waals surface area contributed by atoms with E-state index in [2.05, 4.69) is 24.2 Å². The van der Waals surface area contributed by atoms with Crippen LogP contribution in [0.15, 0.2) is 4.99 Å². The van der Waals surface area contributed by atoms with Gasteiger partial charge in [0.25, 0.3) is 0 Å². The van der Waals surface area contributed by atoms with Crippen molar-refractivity contribution in [3.63, 3.8) is 0 Å². The van der Waals surface area contributed by atoms with Gasteiger partial charge in [0.15, 0.2) is 5.17 Å². The van der Waals surface area contributed by atoms with Crippen LogP contribution in [0.3, 0.4) is 0 Å². The molecule has 1 aliphatic heterocycles. The highest BCUT2D eigenvalue weighted by Crippen LogP contribution is 2.21. The zero-order valence-corrected chi connectivity index (χ0v) is 12.6. The summed E-state index contributed by atoms with van der Waals surface area (Å²) in [7, 11) is 1.69. The summed E-state index contributed by atoms with van der Waals surface area (Å²) in [5.74, 6) is 1.17. The van der Waals surface area contributed by atoms with Crippen LogP contribution in [0, 0.1) is 0 Å². The van der Waals surface area contributed by atoms with Gasteiger partial charge in [-0.2, -0.15) is 0 Å². The predicted octanol–water partition coefficient (Wildman–Crippen LogP) is 2.29. The van der Waals surface area contributed by atoms with Crippen LogP contribution in [-0.4, -0.2) is 49.9 Å². The van der Waals surface area contributed by atoms with E-state index in [1.807, 2.05) is 11.8 Å². The number of aliphatic imine (C=N–C) groups is 1. The Morgan fingerprint density at radius 2 is 2.11 bits per heavy atom. The molecule has 0 saturated carbocycles. The highest BCUT2D eigenvalue weighted by molar-refractivity contribution is 8.13. The molecule has 0 aliphatic carbocycles. The minimum Gasteiger partial charge on any atom is -0.382 e. The molecule has 0 bridgehead atoms. The molecule has 1 N–H and O–H groups in total. The molecule has 4 nitrogen and oxygen atoms in total. The van der Waals surface area contributed by atoms with E-state index in [1.165, 1.54) is 12.2 Å². The first-order chi connectivity index (χ1) is 8.64. The Hall–Kier alpha value is -0.260. The van der Waals surface area contributed by atoms with E-state index < -0.39 is 0 Å². The van der Waals surface area contributed by atoms with Crippen molar-refractivity contribution in [2.24, 2.45) is 4.99 Å². The third-order valence-electron chi connectivity index (χ3n) is 2.80. The molecule has 1 aliphatic rings. The van der Waals surface area contributed by atoms with Crippen molar-refractivity contribution < 1.29 is 9.47 Å². The number of methoxy groups -OCH3 is 1. The van der Waals surface area contributed by atoms with Crippen LogP contribution in [0.1, 0.15) is 33.1 Å². The molecule has 1 fully saturated rings. The highest BCUT2D eigenvalue weighted by atomic mass is 32.2. The Balaban J connectivity index is 2.02. The summed E-state index contributed by atoms with van der Waals surface area (Å²) >= 11 is 1.83. The second kappa shape index (κ2) is 8.77. The number of hydrogen-bond acceptors (Lipinski definition) is 4. The Kier molecular flexibility index (Phi) is 7.70. The van der Waals surface area contributed by atoms with Crippen LogP contribution < -0.4 is 5.32 Å². The van der Waals surface area contributed by atoms with Crippen molar-refractivity contribution in [3.8, 4) is 0 Å². The van der Waals surface area contributed by atoms with Crippen molar-refractivity contribution in [2.45, 2.75) is 38.6 Å². The second-order valence-corrected chi connectivity index (χ2v) is 6.19. The minimum absolute atomic E-state index is 0.202. The molecule has 0 unspecified atom stereocenters. The Labute approximate surface area is 115 Å². The first kappa shape index (κ1) is 15.8. The largest absolute Gasteiger partial charge is 0.382 e. The lowest BCUT2D eigenvalue weighted by Crippen LogP contribution is -2.46. The molecule has 1 rings (SSSR count). The standard InChI is InChI=1S/C13H26N2O2S/c1-13(2)6-11-18-12(15-13)14-7-4-5-8-17-10-9-16-3/h4-11H2,1-3H3,(H,14,15). The van der Waals surface area contributed by atoms with Crippen LogP contribution in [0.5, 0.6) is 0 Å². The number of unbranched alkanes of at least 4 members (excludes halogenated alkanes) is 1. The maximum absolute atomic E-state index is 5.40. The van der Waals surface area contributed by atoms with E-state index >= 15 is 0 Å². The molecule has 0 radical (unpaired) electrons. The highest BCUT2D eigenvalue weighted by Gasteiger charge is 2.23. The fourth-order valence-corrected chi connectivity index (χ4v) is 2.95. The van der Waals surface area contributed by atoms with Gasteiger partial charge in [0.1, 0.15) is 0 Å². The molecule has 0 spiro atoms. The maximum Gasteiger partial charge on any atom is 0.156 e. The smallest absolute Gasteiger partial charge is 0.156 e. The van der Waals surface area contributed by atoms with E-state index in [4.69, 9.17) is 9.47 Å². The summed E-state index contributed by atoms with van der Waals surface area (Å²) in [4.78, 5) is 4.60. The zero-order chi connectivity index (χ0) is 13.3. The lowest BCUT2D eigenvalue weighted by atomic mass is 10.0. The molecule has 1 heterocycles. The van der Waals surface area contributed by atoms with Crippen LogP contribution in [0.25, 0.3) is 0 Å². The monoisotopic (exact) mass is 274 g/mol. The SMILES string of the molecule is COCCOCCCCN=C1NC(C)(C)CCS1. The van der Waals surface area contributed by atoms with Gasteiger partial charge in [-0.1, -0.05) is 11.8 Å². The van der Waals surface area contributed by atoms with E-state index in [0.29, 0.717) is 13.2 Å². The summed E-state index contributed by atoms with van der Waals surface area (Å²) < 4.78 is 10.3. The van der Waals surface area contributed by atoms with E-state index in [-0.39, 0.29) is 5.54 Å². The van der Waals surface area contributed by atoms with Crippen LogP contribution >= 0.6 is 11.8 Å². The van der Waals surface area contributed by atoms with Crippen LogP contribution in [0.4, 0.5) is 0 Å². The Bertz CT molecular complexity index is 257. The maximum atomic E-state index is 5.40. The van der Waals surface area contributed by atoms with Gasteiger partial charge in [-0.05, 0) is 33.1 Å². The molecule has 0 amide bonds. The van der Waals surface area contributed by atoms with Crippen molar-refractivity contribution in [2.75, 3.05) is 39.2 Å². The van der Waals surface area contributed by atoms with Gasteiger partial charge in [-0.25, -0.2) is 0 Å². The van der Waals surface area contributed by atoms with E-state index in [1.54, 1.807) is 7.11 Å². The van der Waals surface area contributed by atoms with Crippen molar-refractivity contribution in [1.29, 1.82) is 0 Å². The average Bonchev–Trinajstić information content (AvgIpc) is 2.31. The number of rotatable bonds is 8. The van der Waals surface area contributed by atoms with Gasteiger partial charge in [0.05, 0.1) is 13.2 Å². The van der Waals surface area contributed by atoms with Crippen LogP contribution in [0.2, 0.25) is 0 Å². The van der Waals surface area contributed by atoms with Gasteiger partial charge in [-0.3, -0.25) is 4.99 Å². The third kappa shape index (κ3) is 7.24. The fourth-order valence-electron chi connectivity index (χ4n) is 1.62. The van der Waals surface area contributed by atoms with E-state index in [9.17, 15) is 0 Å². The second-order valence-electron chi connectivity index (χ2n) is 5.11. The Morgan fingerprint density at radius 1 is 1.28 bits per heavy atom. The number of amidine groups is 1. The molecule has 5 heteroatoms.